The smallest absolute Gasteiger partial charge is 0.0421 e. The van der Waals surface area contributed by atoms with E-state index >= 15 is 0 Å². The van der Waals surface area contributed by atoms with Gasteiger partial charge in [-0.15, -0.1) is 0 Å². The molecule has 1 aromatic carbocycles. The van der Waals surface area contributed by atoms with Gasteiger partial charge in [-0.2, -0.15) is 11.8 Å². The molecule has 0 bridgehead atoms. The molecular weight excluding hydrogens is 362 g/mol. The Hall–Kier alpha value is 0.330. The summed E-state index contributed by atoms with van der Waals surface area (Å²) in [7, 11) is 0. The van der Waals surface area contributed by atoms with Gasteiger partial charge in [0, 0.05) is 39.1 Å². The number of anilines is 1. The van der Waals surface area contributed by atoms with E-state index in [-0.39, 0.29) is 0 Å². The quantitative estimate of drug-likeness (QED) is 0.687. The van der Waals surface area contributed by atoms with Crippen LogP contribution in [0.2, 0.25) is 0 Å². The third-order valence-electron chi connectivity index (χ3n) is 3.38. The Bertz CT molecular complexity index is 397. The number of hydrogen-bond donors (Lipinski definition) is 0. The molecule has 1 fully saturated rings. The molecule has 17 heavy (non-hydrogen) atoms. The van der Waals surface area contributed by atoms with E-state index in [1.165, 1.54) is 17.0 Å². The fraction of sp³-hybridized carbons (Fsp3) is 0.538. The predicted molar refractivity (Wildman–Crippen MR) is 85.5 cm³/mol. The van der Waals surface area contributed by atoms with E-state index in [2.05, 4.69) is 80.6 Å². The van der Waals surface area contributed by atoms with Crippen LogP contribution >= 0.6 is 43.6 Å². The van der Waals surface area contributed by atoms with Crippen molar-refractivity contribution in [3.05, 3.63) is 28.2 Å². The molecular formula is C13H17Br2NS. The lowest BCUT2D eigenvalue weighted by atomic mass is 10.1. The molecule has 0 amide bonds. The zero-order valence-corrected chi connectivity index (χ0v) is 14.1. The highest BCUT2D eigenvalue weighted by molar-refractivity contribution is 9.10. The van der Waals surface area contributed by atoms with Crippen molar-refractivity contribution in [1.29, 1.82) is 0 Å². The number of rotatable bonds is 2. The average Bonchev–Trinajstić information content (AvgIpc) is 2.33. The highest BCUT2D eigenvalue weighted by Crippen LogP contribution is 2.33. The van der Waals surface area contributed by atoms with Crippen molar-refractivity contribution >= 4 is 49.3 Å². The van der Waals surface area contributed by atoms with Crippen LogP contribution in [0.1, 0.15) is 19.4 Å². The van der Waals surface area contributed by atoms with E-state index in [0.29, 0.717) is 11.3 Å². The fourth-order valence-corrected chi connectivity index (χ4v) is 4.11. The molecule has 2 rings (SSSR count). The molecule has 0 aromatic heterocycles. The number of benzene rings is 1. The van der Waals surface area contributed by atoms with E-state index in [0.717, 1.165) is 16.3 Å². The number of alkyl halides is 1. The maximum absolute atomic E-state index is 3.59. The van der Waals surface area contributed by atoms with Crippen molar-refractivity contribution < 1.29 is 0 Å². The van der Waals surface area contributed by atoms with Crippen molar-refractivity contribution in [2.45, 2.75) is 30.5 Å². The van der Waals surface area contributed by atoms with Gasteiger partial charge in [-0.3, -0.25) is 0 Å². The van der Waals surface area contributed by atoms with Gasteiger partial charge in [0.25, 0.3) is 0 Å². The first-order valence-electron chi connectivity index (χ1n) is 5.86. The van der Waals surface area contributed by atoms with Crippen molar-refractivity contribution in [2.24, 2.45) is 0 Å². The van der Waals surface area contributed by atoms with Crippen LogP contribution in [0.3, 0.4) is 0 Å². The summed E-state index contributed by atoms with van der Waals surface area (Å²) in [6, 6.07) is 7.16. The van der Waals surface area contributed by atoms with Crippen LogP contribution in [0.15, 0.2) is 22.7 Å². The molecule has 0 saturated carbocycles. The monoisotopic (exact) mass is 377 g/mol. The number of hydrogen-bond acceptors (Lipinski definition) is 2. The van der Waals surface area contributed by atoms with Gasteiger partial charge >= 0.3 is 0 Å². The van der Waals surface area contributed by atoms with Gasteiger partial charge in [0.1, 0.15) is 0 Å². The van der Waals surface area contributed by atoms with Crippen LogP contribution in [-0.4, -0.2) is 23.6 Å². The molecule has 94 valence electrons. The zero-order valence-electron chi connectivity index (χ0n) is 10.1. The third kappa shape index (κ3) is 3.02. The zero-order chi connectivity index (χ0) is 12.4. The summed E-state index contributed by atoms with van der Waals surface area (Å²) in [5, 5.41) is 1.62. The summed E-state index contributed by atoms with van der Waals surface area (Å²) in [5.74, 6) is 1.22. The summed E-state index contributed by atoms with van der Waals surface area (Å²) < 4.78 is 1.16. The van der Waals surface area contributed by atoms with Crippen molar-refractivity contribution in [2.75, 3.05) is 17.2 Å². The minimum atomic E-state index is 0.598. The molecule has 0 radical (unpaired) electrons. The van der Waals surface area contributed by atoms with E-state index in [1.54, 1.807) is 0 Å². The Labute approximate surface area is 125 Å². The van der Waals surface area contributed by atoms with Crippen LogP contribution in [0.5, 0.6) is 0 Å². The summed E-state index contributed by atoms with van der Waals surface area (Å²) >= 11 is 9.24. The van der Waals surface area contributed by atoms with Gasteiger partial charge in [0.2, 0.25) is 0 Å². The molecule has 1 heterocycles. The average molecular weight is 379 g/mol. The Morgan fingerprint density at radius 1 is 1.41 bits per heavy atom. The number of thioether (sulfide) groups is 1. The van der Waals surface area contributed by atoms with Gasteiger partial charge < -0.3 is 4.90 Å². The molecule has 0 aliphatic carbocycles. The molecule has 1 aromatic rings. The largest absolute Gasteiger partial charge is 0.367 e. The Morgan fingerprint density at radius 2 is 2.18 bits per heavy atom. The summed E-state index contributed by atoms with van der Waals surface area (Å²) in [4.78, 5) is 2.54. The van der Waals surface area contributed by atoms with Crippen LogP contribution in [0.4, 0.5) is 5.69 Å². The number of nitrogens with zero attached hydrogens (tertiary/aromatic N) is 1. The summed E-state index contributed by atoms with van der Waals surface area (Å²) in [5.41, 5.74) is 2.75. The topological polar surface area (TPSA) is 3.24 Å². The first-order valence-corrected chi connectivity index (χ1v) is 8.82. The lowest BCUT2D eigenvalue weighted by Gasteiger charge is -2.40. The first-order chi connectivity index (χ1) is 8.13. The van der Waals surface area contributed by atoms with E-state index in [1.807, 2.05) is 0 Å². The minimum absolute atomic E-state index is 0.598. The Balaban J connectivity index is 2.34. The normalized spacial score (nSPS) is 25.1. The molecule has 1 aliphatic heterocycles. The van der Waals surface area contributed by atoms with E-state index < -0.39 is 0 Å². The second-order valence-electron chi connectivity index (χ2n) is 4.42. The molecule has 2 unspecified atom stereocenters. The minimum Gasteiger partial charge on any atom is -0.367 e. The Kier molecular flexibility index (Phi) is 4.84. The standard InChI is InChI=1S/C13H17Br2NS/c1-9-10(2)17-6-5-16(9)13-7-12(15)4-3-11(13)8-14/h3-4,7,9-10H,5-6,8H2,1-2H3. The SMILES string of the molecule is CC1SCCN(c2cc(Br)ccc2CBr)C1C. The number of halogens is 2. The maximum Gasteiger partial charge on any atom is 0.0421 e. The molecule has 1 saturated heterocycles. The summed E-state index contributed by atoms with van der Waals surface area (Å²) in [6.07, 6.45) is 0. The molecule has 1 nitrogen and oxygen atoms in total. The van der Waals surface area contributed by atoms with Crippen LogP contribution in [-0.2, 0) is 5.33 Å². The lowest BCUT2D eigenvalue weighted by Crippen LogP contribution is -2.45. The van der Waals surface area contributed by atoms with Gasteiger partial charge in [-0.1, -0.05) is 44.8 Å². The van der Waals surface area contributed by atoms with Crippen molar-refractivity contribution in [1.82, 2.24) is 0 Å². The van der Waals surface area contributed by atoms with Gasteiger partial charge in [0.15, 0.2) is 0 Å². The highest BCUT2D eigenvalue weighted by Gasteiger charge is 2.26. The first kappa shape index (κ1) is 13.8. The van der Waals surface area contributed by atoms with Crippen LogP contribution in [0, 0.1) is 0 Å². The molecule has 0 N–H and O–H groups in total. The second-order valence-corrected chi connectivity index (χ2v) is 7.38. The summed E-state index contributed by atoms with van der Waals surface area (Å²) in [6.45, 7) is 5.80. The van der Waals surface area contributed by atoms with Crippen molar-refractivity contribution in [3.8, 4) is 0 Å². The highest BCUT2D eigenvalue weighted by atomic mass is 79.9. The van der Waals surface area contributed by atoms with E-state index in [4.69, 9.17) is 0 Å². The second kappa shape index (κ2) is 5.98. The van der Waals surface area contributed by atoms with Gasteiger partial charge in [-0.25, -0.2) is 0 Å². The van der Waals surface area contributed by atoms with Gasteiger partial charge in [0.05, 0.1) is 0 Å². The van der Waals surface area contributed by atoms with Gasteiger partial charge in [-0.05, 0) is 24.6 Å². The van der Waals surface area contributed by atoms with Crippen molar-refractivity contribution in [3.63, 3.8) is 0 Å². The maximum atomic E-state index is 3.59. The molecule has 1 aliphatic rings. The third-order valence-corrected chi connectivity index (χ3v) is 5.82. The molecule has 0 spiro atoms. The lowest BCUT2D eigenvalue weighted by molar-refractivity contribution is 0.626. The molecule has 2 atom stereocenters. The molecule has 4 heteroatoms. The van der Waals surface area contributed by atoms with Crippen LogP contribution < -0.4 is 4.90 Å². The Morgan fingerprint density at radius 3 is 2.88 bits per heavy atom. The van der Waals surface area contributed by atoms with Crippen LogP contribution in [0.25, 0.3) is 0 Å². The van der Waals surface area contributed by atoms with E-state index in [9.17, 15) is 0 Å². The predicted octanol–water partition coefficient (Wildman–Crippen LogP) is 4.67. The fourth-order valence-electron chi connectivity index (χ4n) is 2.19.